The number of hydrogen-bond donors (Lipinski definition) is 1. The Morgan fingerprint density at radius 3 is 1.95 bits per heavy atom. The zero-order valence-electron chi connectivity index (χ0n) is 21.9. The van der Waals surface area contributed by atoms with E-state index in [4.69, 9.17) is 20.0 Å². The fourth-order valence-corrected chi connectivity index (χ4v) is 3.70. The number of hydrogen-bond acceptors (Lipinski definition) is 8. The molecule has 1 aromatic rings. The molecule has 1 N–H and O–H groups in total. The number of nitrogens with zero attached hydrogens (tertiary/aromatic N) is 3. The number of ether oxygens (including phenoxy) is 2. The van der Waals surface area contributed by atoms with Gasteiger partial charge in [-0.25, -0.2) is 4.79 Å². The first kappa shape index (κ1) is 30.0. The van der Waals surface area contributed by atoms with Crippen LogP contribution in [-0.2, 0) is 25.7 Å². The minimum atomic E-state index is -0.392. The topological polar surface area (TPSA) is 133 Å². The minimum absolute atomic E-state index is 0.0520. The fourth-order valence-electron chi connectivity index (χ4n) is 3.70. The van der Waals surface area contributed by atoms with Gasteiger partial charge in [0.2, 0.25) is 0 Å². The minimum Gasteiger partial charge on any atom is -0.445 e. The molecule has 2 atom stereocenters. The average Bonchev–Trinajstić information content (AvgIpc) is 3.42. The van der Waals surface area contributed by atoms with E-state index in [1.54, 1.807) is 13.8 Å². The summed E-state index contributed by atoms with van der Waals surface area (Å²) in [6.07, 6.45) is 2.84. The lowest BCUT2D eigenvalue weighted by Gasteiger charge is -2.37. The first-order chi connectivity index (χ1) is 17.8. The van der Waals surface area contributed by atoms with Gasteiger partial charge >= 0.3 is 6.09 Å². The Kier molecular flexibility index (Phi) is 13.3. The third kappa shape index (κ3) is 11.1. The van der Waals surface area contributed by atoms with Crippen LogP contribution in [0, 0.1) is 46.3 Å². The highest BCUT2D eigenvalue weighted by Crippen LogP contribution is 2.21. The Morgan fingerprint density at radius 1 is 0.973 bits per heavy atom. The molecule has 0 radical (unpaired) electrons. The molecule has 0 aliphatic carbocycles. The van der Waals surface area contributed by atoms with Gasteiger partial charge in [-0.05, 0) is 32.3 Å². The van der Waals surface area contributed by atoms with E-state index in [1.165, 1.54) is 17.7 Å². The zero-order valence-corrected chi connectivity index (χ0v) is 21.9. The van der Waals surface area contributed by atoms with Crippen LogP contribution in [0.4, 0.5) is 4.79 Å². The van der Waals surface area contributed by atoms with Crippen molar-refractivity contribution in [1.82, 2.24) is 10.2 Å². The molecule has 1 aromatic carbocycles. The summed E-state index contributed by atoms with van der Waals surface area (Å²) in [5.74, 6) is -0.0653. The number of rotatable bonds is 8. The second-order valence-electron chi connectivity index (χ2n) is 9.72. The lowest BCUT2D eigenvalue weighted by Crippen LogP contribution is -2.53. The van der Waals surface area contributed by atoms with Gasteiger partial charge in [0.1, 0.15) is 18.2 Å². The van der Waals surface area contributed by atoms with Crippen molar-refractivity contribution in [2.24, 2.45) is 23.7 Å². The van der Waals surface area contributed by atoms with E-state index in [2.05, 4.69) is 11.4 Å². The van der Waals surface area contributed by atoms with Crippen molar-refractivity contribution in [2.75, 3.05) is 39.4 Å². The van der Waals surface area contributed by atoms with Crippen molar-refractivity contribution in [1.29, 1.82) is 10.5 Å². The fraction of sp³-hybridized carbons (Fsp3) is 0.607. The number of carbonyl (C=O) groups excluding carboxylic acids is 3. The van der Waals surface area contributed by atoms with E-state index < -0.39 is 6.09 Å². The normalized spacial score (nSPS) is 18.1. The Morgan fingerprint density at radius 2 is 1.51 bits per heavy atom. The van der Waals surface area contributed by atoms with Gasteiger partial charge in [0, 0.05) is 58.2 Å². The summed E-state index contributed by atoms with van der Waals surface area (Å²) in [6.45, 7) is 8.13. The Labute approximate surface area is 219 Å². The number of benzene rings is 1. The first-order valence-electron chi connectivity index (χ1n) is 12.9. The van der Waals surface area contributed by atoms with Crippen LogP contribution in [0.1, 0.15) is 45.1 Å². The van der Waals surface area contributed by atoms with E-state index in [1.807, 2.05) is 36.4 Å². The summed E-state index contributed by atoms with van der Waals surface area (Å²) in [6, 6.07) is 13.6. The standard InChI is InChI=1S/C16H18N2O3.C8H12N2O.C4H8O/c1-12(8-17)7-15(19)14-9-18(10-14)16(20)21-11-13-5-3-2-4-6-13;1-6(3-9)2-8(11)7-4-10-5-7;1-2-4-5-3-1/h2-6,12,14H,7,9-11H2,1H3;6-7,10H,2,4-5H2,1H3;1-4H2. The third-order valence-electron chi connectivity index (χ3n) is 6.32. The van der Waals surface area contributed by atoms with E-state index in [0.717, 1.165) is 31.9 Å². The van der Waals surface area contributed by atoms with Gasteiger partial charge in [-0.15, -0.1) is 0 Å². The van der Waals surface area contributed by atoms with Crippen LogP contribution in [0.5, 0.6) is 0 Å². The van der Waals surface area contributed by atoms with Gasteiger partial charge in [-0.1, -0.05) is 30.3 Å². The molecule has 0 saturated carbocycles. The van der Waals surface area contributed by atoms with Crippen LogP contribution in [-0.4, -0.2) is 62.0 Å². The van der Waals surface area contributed by atoms with Crippen LogP contribution in [0.15, 0.2) is 30.3 Å². The van der Waals surface area contributed by atoms with E-state index in [0.29, 0.717) is 19.5 Å². The van der Waals surface area contributed by atoms with Gasteiger partial charge in [-0.2, -0.15) is 10.5 Å². The van der Waals surface area contributed by atoms with Crippen molar-refractivity contribution in [3.8, 4) is 12.1 Å². The van der Waals surface area contributed by atoms with Gasteiger partial charge < -0.3 is 19.7 Å². The molecular weight excluding hydrogens is 472 g/mol. The maximum Gasteiger partial charge on any atom is 0.410 e. The molecule has 3 heterocycles. The predicted molar refractivity (Wildman–Crippen MR) is 137 cm³/mol. The molecule has 37 heavy (non-hydrogen) atoms. The Bertz CT molecular complexity index is 934. The molecule has 4 rings (SSSR count). The van der Waals surface area contributed by atoms with Crippen molar-refractivity contribution in [3.05, 3.63) is 35.9 Å². The number of Topliss-reactive ketones (excluding diaryl/α,β-unsaturated/α-hetero) is 2. The largest absolute Gasteiger partial charge is 0.445 e. The predicted octanol–water partition coefficient (Wildman–Crippen LogP) is 3.50. The van der Waals surface area contributed by atoms with Crippen molar-refractivity contribution in [2.45, 2.75) is 46.1 Å². The van der Waals surface area contributed by atoms with Gasteiger partial charge in [0.15, 0.2) is 0 Å². The molecule has 3 saturated heterocycles. The summed E-state index contributed by atoms with van der Waals surface area (Å²) in [7, 11) is 0. The molecule has 0 aromatic heterocycles. The molecule has 9 nitrogen and oxygen atoms in total. The molecular formula is C28H38N4O5. The first-order valence-corrected chi connectivity index (χ1v) is 12.9. The highest BCUT2D eigenvalue weighted by molar-refractivity contribution is 5.84. The number of likely N-dealkylation sites (tertiary alicyclic amines) is 1. The van der Waals surface area contributed by atoms with Crippen LogP contribution < -0.4 is 5.32 Å². The molecule has 3 fully saturated rings. The smallest absolute Gasteiger partial charge is 0.410 e. The second kappa shape index (κ2) is 16.5. The monoisotopic (exact) mass is 510 g/mol. The molecule has 0 bridgehead atoms. The number of carbonyl (C=O) groups is 3. The summed E-state index contributed by atoms with van der Waals surface area (Å²) in [4.78, 5) is 36.3. The molecule has 200 valence electrons. The Hall–Kier alpha value is -3.27. The SMILES string of the molecule is C1CCOC1.CC(C#N)CC(=O)C1CN(C(=O)OCc2ccccc2)C1.CC(C#N)CC(=O)C1CNC1. The molecule has 3 aliphatic rings. The molecule has 0 spiro atoms. The molecule has 1 amide bonds. The van der Waals surface area contributed by atoms with Crippen LogP contribution in [0.2, 0.25) is 0 Å². The molecule has 3 aliphatic heterocycles. The average molecular weight is 511 g/mol. The van der Waals surface area contributed by atoms with Crippen LogP contribution >= 0.6 is 0 Å². The van der Waals surface area contributed by atoms with E-state index in [9.17, 15) is 14.4 Å². The lowest BCUT2D eigenvalue weighted by molar-refractivity contribution is -0.127. The van der Waals surface area contributed by atoms with Gasteiger partial charge in [0.25, 0.3) is 0 Å². The van der Waals surface area contributed by atoms with Gasteiger partial charge in [-0.3, -0.25) is 9.59 Å². The van der Waals surface area contributed by atoms with Gasteiger partial charge in [0.05, 0.1) is 29.9 Å². The summed E-state index contributed by atoms with van der Waals surface area (Å²) < 4.78 is 10.1. The highest BCUT2D eigenvalue weighted by Gasteiger charge is 2.36. The second-order valence-corrected chi connectivity index (χ2v) is 9.72. The van der Waals surface area contributed by atoms with Crippen LogP contribution in [0.3, 0.4) is 0 Å². The highest BCUT2D eigenvalue weighted by atomic mass is 16.6. The summed E-state index contributed by atoms with van der Waals surface area (Å²) in [5.41, 5.74) is 0.932. The number of nitriles is 2. The van der Waals surface area contributed by atoms with Crippen molar-refractivity contribution < 1.29 is 23.9 Å². The third-order valence-corrected chi connectivity index (χ3v) is 6.32. The lowest BCUT2D eigenvalue weighted by atomic mass is 9.90. The van der Waals surface area contributed by atoms with E-state index in [-0.39, 0.29) is 48.3 Å². The quantitative estimate of drug-likeness (QED) is 0.562. The maximum absolute atomic E-state index is 11.8. The maximum atomic E-state index is 11.8. The van der Waals surface area contributed by atoms with Crippen LogP contribution in [0.25, 0.3) is 0 Å². The number of amides is 1. The molecule has 2 unspecified atom stereocenters. The van der Waals surface area contributed by atoms with E-state index >= 15 is 0 Å². The zero-order chi connectivity index (χ0) is 27.0. The summed E-state index contributed by atoms with van der Waals surface area (Å²) >= 11 is 0. The number of ketones is 2. The summed E-state index contributed by atoms with van der Waals surface area (Å²) in [5, 5.41) is 20.2. The Balaban J connectivity index is 0.000000248. The van der Waals surface area contributed by atoms with Crippen molar-refractivity contribution in [3.63, 3.8) is 0 Å². The molecule has 9 heteroatoms. The number of nitrogens with one attached hydrogen (secondary N) is 1. The van der Waals surface area contributed by atoms with Crippen molar-refractivity contribution >= 4 is 17.7 Å².